The maximum Gasteiger partial charge on any atom is 0.0454 e. The van der Waals surface area contributed by atoms with Gasteiger partial charge in [0.15, 0.2) is 0 Å². The second kappa shape index (κ2) is 3.72. The fraction of sp³-hybridized carbons (Fsp3) is 0.250. The molecule has 3 heteroatoms. The van der Waals surface area contributed by atoms with E-state index in [0.29, 0.717) is 18.1 Å². The van der Waals surface area contributed by atoms with Crippen molar-refractivity contribution in [3.05, 3.63) is 34.3 Å². The van der Waals surface area contributed by atoms with Gasteiger partial charge >= 0.3 is 0 Å². The third kappa shape index (κ3) is 1.71. The molecule has 2 nitrogen and oxygen atoms in total. The van der Waals surface area contributed by atoms with Gasteiger partial charge in [-0.3, -0.25) is 0 Å². The van der Waals surface area contributed by atoms with Crippen molar-refractivity contribution in [3.63, 3.8) is 0 Å². The fourth-order valence-corrected chi connectivity index (χ4v) is 1.29. The highest BCUT2D eigenvalue weighted by molar-refractivity contribution is 6.31. The lowest BCUT2D eigenvalue weighted by Gasteiger charge is -2.06. The summed E-state index contributed by atoms with van der Waals surface area (Å²) < 4.78 is 0. The van der Waals surface area contributed by atoms with Gasteiger partial charge in [0.1, 0.15) is 0 Å². The molecule has 0 aliphatic rings. The molecule has 1 aromatic carbocycles. The number of rotatable bonds is 2. The van der Waals surface area contributed by atoms with E-state index in [1.54, 1.807) is 0 Å². The van der Waals surface area contributed by atoms with Crippen LogP contribution < -0.4 is 11.5 Å². The molecule has 0 saturated heterocycles. The van der Waals surface area contributed by atoms with Gasteiger partial charge in [0.25, 0.3) is 0 Å². The van der Waals surface area contributed by atoms with Crippen LogP contribution in [0.1, 0.15) is 11.1 Å². The summed E-state index contributed by atoms with van der Waals surface area (Å²) in [7, 11) is 0. The zero-order valence-corrected chi connectivity index (χ0v) is 6.93. The van der Waals surface area contributed by atoms with E-state index in [4.69, 9.17) is 23.1 Å². The zero-order valence-electron chi connectivity index (χ0n) is 6.18. The van der Waals surface area contributed by atoms with Gasteiger partial charge in [-0.2, -0.15) is 0 Å². The Bertz CT molecular complexity index is 248. The highest BCUT2D eigenvalue weighted by Crippen LogP contribution is 2.18. The maximum atomic E-state index is 5.87. The fourth-order valence-electron chi connectivity index (χ4n) is 1.02. The molecule has 1 rings (SSSR count). The van der Waals surface area contributed by atoms with Gasteiger partial charge in [0, 0.05) is 18.1 Å². The molecular formula is C8H11ClN2. The summed E-state index contributed by atoms with van der Waals surface area (Å²) in [5.41, 5.74) is 13.0. The van der Waals surface area contributed by atoms with Crippen LogP contribution in [0.25, 0.3) is 0 Å². The van der Waals surface area contributed by atoms with Gasteiger partial charge in [0.2, 0.25) is 0 Å². The molecule has 0 saturated carbocycles. The predicted molar refractivity (Wildman–Crippen MR) is 47.2 cm³/mol. The number of hydrogen-bond donors (Lipinski definition) is 2. The van der Waals surface area contributed by atoms with Crippen LogP contribution in [0.2, 0.25) is 5.02 Å². The SMILES string of the molecule is NCc1cccc(Cl)c1CN. The van der Waals surface area contributed by atoms with Crippen LogP contribution in [0, 0.1) is 0 Å². The second-order valence-electron chi connectivity index (χ2n) is 2.29. The van der Waals surface area contributed by atoms with Crippen LogP contribution in [0.5, 0.6) is 0 Å². The Hall–Kier alpha value is -0.570. The minimum Gasteiger partial charge on any atom is -0.326 e. The van der Waals surface area contributed by atoms with E-state index >= 15 is 0 Å². The molecular weight excluding hydrogens is 160 g/mol. The average Bonchev–Trinajstić information content (AvgIpc) is 2.04. The third-order valence-electron chi connectivity index (χ3n) is 1.64. The van der Waals surface area contributed by atoms with Crippen molar-refractivity contribution in [2.45, 2.75) is 13.1 Å². The highest BCUT2D eigenvalue weighted by Gasteiger charge is 2.01. The monoisotopic (exact) mass is 170 g/mol. The first kappa shape index (κ1) is 8.53. The van der Waals surface area contributed by atoms with Gasteiger partial charge in [-0.15, -0.1) is 0 Å². The molecule has 11 heavy (non-hydrogen) atoms. The van der Waals surface area contributed by atoms with E-state index in [-0.39, 0.29) is 0 Å². The van der Waals surface area contributed by atoms with E-state index in [1.165, 1.54) is 0 Å². The minimum atomic E-state index is 0.451. The number of hydrogen-bond acceptors (Lipinski definition) is 2. The number of nitrogens with two attached hydrogens (primary N) is 2. The molecule has 0 radical (unpaired) electrons. The van der Waals surface area contributed by atoms with Crippen molar-refractivity contribution in [2.75, 3.05) is 0 Å². The molecule has 0 aliphatic carbocycles. The molecule has 1 aromatic rings. The van der Waals surface area contributed by atoms with Crippen molar-refractivity contribution in [1.29, 1.82) is 0 Å². The smallest absolute Gasteiger partial charge is 0.0454 e. The zero-order chi connectivity index (χ0) is 8.27. The first-order chi connectivity index (χ1) is 5.29. The second-order valence-corrected chi connectivity index (χ2v) is 2.69. The first-order valence-electron chi connectivity index (χ1n) is 3.46. The van der Waals surface area contributed by atoms with Gasteiger partial charge in [0.05, 0.1) is 0 Å². The van der Waals surface area contributed by atoms with Crippen molar-refractivity contribution >= 4 is 11.6 Å². The van der Waals surface area contributed by atoms with Gasteiger partial charge < -0.3 is 11.5 Å². The molecule has 0 spiro atoms. The molecule has 0 bridgehead atoms. The normalized spacial score (nSPS) is 10.1. The van der Waals surface area contributed by atoms with Crippen molar-refractivity contribution in [3.8, 4) is 0 Å². The Labute approximate surface area is 71.1 Å². The standard InChI is InChI=1S/C8H11ClN2/c9-8-3-1-2-6(4-10)7(8)5-11/h1-3H,4-5,10-11H2. The van der Waals surface area contributed by atoms with Crippen LogP contribution in [0.3, 0.4) is 0 Å². The molecule has 0 aromatic heterocycles. The lowest BCUT2D eigenvalue weighted by molar-refractivity contribution is 0.980. The van der Waals surface area contributed by atoms with Crippen LogP contribution >= 0.6 is 11.6 Å². The van der Waals surface area contributed by atoms with Gasteiger partial charge in [-0.05, 0) is 17.2 Å². The number of halogens is 1. The predicted octanol–water partition coefficient (Wildman–Crippen LogP) is 1.26. The lowest BCUT2D eigenvalue weighted by Crippen LogP contribution is -2.06. The Morgan fingerprint density at radius 2 is 1.91 bits per heavy atom. The average molecular weight is 171 g/mol. The van der Waals surface area contributed by atoms with Crippen LogP contribution in [-0.2, 0) is 13.1 Å². The van der Waals surface area contributed by atoms with E-state index in [0.717, 1.165) is 11.1 Å². The number of benzene rings is 1. The van der Waals surface area contributed by atoms with E-state index in [9.17, 15) is 0 Å². The van der Waals surface area contributed by atoms with Crippen molar-refractivity contribution in [1.82, 2.24) is 0 Å². The largest absolute Gasteiger partial charge is 0.326 e. The van der Waals surface area contributed by atoms with Crippen LogP contribution in [-0.4, -0.2) is 0 Å². The van der Waals surface area contributed by atoms with Crippen molar-refractivity contribution in [2.24, 2.45) is 11.5 Å². The Balaban J connectivity index is 3.13. The van der Waals surface area contributed by atoms with Crippen LogP contribution in [0.4, 0.5) is 0 Å². The molecule has 0 aliphatic heterocycles. The molecule has 4 N–H and O–H groups in total. The topological polar surface area (TPSA) is 52.0 Å². The lowest BCUT2D eigenvalue weighted by atomic mass is 10.1. The van der Waals surface area contributed by atoms with E-state index in [2.05, 4.69) is 0 Å². The molecule has 0 amide bonds. The summed E-state index contributed by atoms with van der Waals surface area (Å²) in [6.45, 7) is 0.944. The molecule has 0 fully saturated rings. The third-order valence-corrected chi connectivity index (χ3v) is 1.99. The molecule has 60 valence electrons. The van der Waals surface area contributed by atoms with E-state index < -0.39 is 0 Å². The summed E-state index contributed by atoms with van der Waals surface area (Å²) in [6, 6.07) is 5.64. The van der Waals surface area contributed by atoms with Gasteiger partial charge in [-0.1, -0.05) is 23.7 Å². The van der Waals surface area contributed by atoms with Crippen LogP contribution in [0.15, 0.2) is 18.2 Å². The first-order valence-corrected chi connectivity index (χ1v) is 3.83. The van der Waals surface area contributed by atoms with Crippen molar-refractivity contribution < 1.29 is 0 Å². The summed E-state index contributed by atoms with van der Waals surface area (Å²) in [5.74, 6) is 0. The van der Waals surface area contributed by atoms with E-state index in [1.807, 2.05) is 18.2 Å². The Kier molecular flexibility index (Phi) is 2.88. The molecule has 0 heterocycles. The summed E-state index contributed by atoms with van der Waals surface area (Å²) in [4.78, 5) is 0. The van der Waals surface area contributed by atoms with Gasteiger partial charge in [-0.25, -0.2) is 0 Å². The molecule has 0 atom stereocenters. The maximum absolute atomic E-state index is 5.87. The minimum absolute atomic E-state index is 0.451. The quantitative estimate of drug-likeness (QED) is 0.702. The summed E-state index contributed by atoms with van der Waals surface area (Å²) in [5, 5.41) is 0.704. The Morgan fingerprint density at radius 1 is 1.18 bits per heavy atom. The summed E-state index contributed by atoms with van der Waals surface area (Å²) in [6.07, 6.45) is 0. The molecule has 0 unspecified atom stereocenters. The highest BCUT2D eigenvalue weighted by atomic mass is 35.5. The summed E-state index contributed by atoms with van der Waals surface area (Å²) >= 11 is 5.87. The Morgan fingerprint density at radius 3 is 2.36 bits per heavy atom.